The Balaban J connectivity index is 1.90. The summed E-state index contributed by atoms with van der Waals surface area (Å²) in [6, 6.07) is 6.56. The summed E-state index contributed by atoms with van der Waals surface area (Å²) >= 11 is 0. The summed E-state index contributed by atoms with van der Waals surface area (Å²) in [5, 5.41) is 2.78. The lowest BCUT2D eigenvalue weighted by Gasteiger charge is -2.30. The van der Waals surface area contributed by atoms with Crippen molar-refractivity contribution in [2.45, 2.75) is 12.8 Å². The van der Waals surface area contributed by atoms with E-state index in [9.17, 15) is 18.0 Å². The first kappa shape index (κ1) is 19.2. The van der Waals surface area contributed by atoms with Gasteiger partial charge in [-0.25, -0.2) is 17.5 Å². The van der Waals surface area contributed by atoms with Gasteiger partial charge in [0.15, 0.2) is 6.61 Å². The molecule has 1 amide bonds. The van der Waals surface area contributed by atoms with Crippen LogP contribution in [0, 0.1) is 5.92 Å². The number of amides is 1. The summed E-state index contributed by atoms with van der Waals surface area (Å²) in [7, 11) is -2.01. The first-order chi connectivity index (χ1) is 11.8. The fourth-order valence-electron chi connectivity index (χ4n) is 2.54. The highest BCUT2D eigenvalue weighted by atomic mass is 32.2. The molecular weight excluding hydrogens is 348 g/mol. The van der Waals surface area contributed by atoms with E-state index in [-0.39, 0.29) is 25.0 Å². The maximum atomic E-state index is 12.4. The highest BCUT2D eigenvalue weighted by molar-refractivity contribution is 7.88. The van der Waals surface area contributed by atoms with Crippen LogP contribution in [0.15, 0.2) is 24.3 Å². The lowest BCUT2D eigenvalue weighted by atomic mass is 9.99. The van der Waals surface area contributed by atoms with Crippen LogP contribution in [0.5, 0.6) is 5.75 Å². The van der Waals surface area contributed by atoms with Gasteiger partial charge in [-0.2, -0.15) is 0 Å². The molecular formula is C16H22N2O6S. The number of methoxy groups -OCH3 is 1. The molecule has 1 aromatic rings. The summed E-state index contributed by atoms with van der Waals surface area (Å²) < 4.78 is 34.3. The number of ether oxygens (including phenoxy) is 2. The van der Waals surface area contributed by atoms with Gasteiger partial charge in [-0.3, -0.25) is 4.79 Å². The van der Waals surface area contributed by atoms with E-state index in [1.54, 1.807) is 24.3 Å². The van der Waals surface area contributed by atoms with Crippen molar-refractivity contribution in [2.24, 2.45) is 5.92 Å². The molecule has 1 heterocycles. The number of sulfonamides is 1. The fraction of sp³-hybridized carbons (Fsp3) is 0.500. The SMILES string of the molecule is COC(=O)COc1ccc(NC(=O)C2CCCN(S(C)(=O)=O)C2)cc1. The summed E-state index contributed by atoms with van der Waals surface area (Å²) in [5.74, 6) is -0.593. The van der Waals surface area contributed by atoms with Crippen molar-refractivity contribution in [1.82, 2.24) is 4.31 Å². The third-order valence-electron chi connectivity index (χ3n) is 3.93. The number of carbonyl (C=O) groups excluding carboxylic acids is 2. The number of nitrogens with one attached hydrogen (secondary N) is 1. The van der Waals surface area contributed by atoms with Crippen molar-refractivity contribution in [3.8, 4) is 5.75 Å². The predicted octanol–water partition coefficient (Wildman–Crippen LogP) is 0.849. The maximum absolute atomic E-state index is 12.4. The Morgan fingerprint density at radius 3 is 2.56 bits per heavy atom. The Labute approximate surface area is 147 Å². The monoisotopic (exact) mass is 370 g/mol. The quantitative estimate of drug-likeness (QED) is 0.745. The Hall–Kier alpha value is -2.13. The van der Waals surface area contributed by atoms with Crippen molar-refractivity contribution in [3.63, 3.8) is 0 Å². The summed E-state index contributed by atoms with van der Waals surface area (Å²) in [6.45, 7) is 0.464. The van der Waals surface area contributed by atoms with Crippen LogP contribution in [0.4, 0.5) is 5.69 Å². The zero-order chi connectivity index (χ0) is 18.4. The summed E-state index contributed by atoms with van der Waals surface area (Å²) in [5.41, 5.74) is 0.576. The van der Waals surface area contributed by atoms with Crippen LogP contribution >= 0.6 is 0 Å². The number of hydrogen-bond donors (Lipinski definition) is 1. The standard InChI is InChI=1S/C16H22N2O6S/c1-23-15(19)11-24-14-7-5-13(6-8-14)17-16(20)12-4-3-9-18(10-12)25(2,21)22/h5-8,12H,3-4,9-11H2,1-2H3,(H,17,20). The average Bonchev–Trinajstić information content (AvgIpc) is 2.60. The second-order valence-corrected chi connectivity index (χ2v) is 7.82. The van der Waals surface area contributed by atoms with Crippen LogP contribution in [0.1, 0.15) is 12.8 Å². The first-order valence-corrected chi connectivity index (χ1v) is 9.70. The number of anilines is 1. The van der Waals surface area contributed by atoms with E-state index in [2.05, 4.69) is 10.1 Å². The molecule has 1 saturated heterocycles. The topological polar surface area (TPSA) is 102 Å². The Morgan fingerprint density at radius 1 is 1.28 bits per heavy atom. The van der Waals surface area contributed by atoms with E-state index in [0.717, 1.165) is 6.26 Å². The van der Waals surface area contributed by atoms with Gasteiger partial charge in [-0.1, -0.05) is 0 Å². The van der Waals surface area contributed by atoms with E-state index in [1.807, 2.05) is 0 Å². The van der Waals surface area contributed by atoms with E-state index in [1.165, 1.54) is 11.4 Å². The minimum atomic E-state index is -3.29. The van der Waals surface area contributed by atoms with Gasteiger partial charge in [0.25, 0.3) is 0 Å². The van der Waals surface area contributed by atoms with Crippen molar-refractivity contribution in [1.29, 1.82) is 0 Å². The van der Waals surface area contributed by atoms with E-state index in [0.29, 0.717) is 30.8 Å². The molecule has 0 radical (unpaired) electrons. The molecule has 1 fully saturated rings. The third-order valence-corrected chi connectivity index (χ3v) is 5.20. The molecule has 1 N–H and O–H groups in total. The van der Waals surface area contributed by atoms with Gasteiger partial charge < -0.3 is 14.8 Å². The lowest BCUT2D eigenvalue weighted by molar-refractivity contribution is -0.142. The normalized spacial score (nSPS) is 18.4. The van der Waals surface area contributed by atoms with Gasteiger partial charge in [-0.05, 0) is 37.1 Å². The fourth-order valence-corrected chi connectivity index (χ4v) is 3.45. The molecule has 0 saturated carbocycles. The van der Waals surface area contributed by atoms with Crippen LogP contribution in [-0.2, 0) is 24.3 Å². The minimum absolute atomic E-state index is 0.189. The molecule has 0 bridgehead atoms. The first-order valence-electron chi connectivity index (χ1n) is 7.85. The zero-order valence-corrected chi connectivity index (χ0v) is 15.0. The van der Waals surface area contributed by atoms with Crippen LogP contribution in [0.25, 0.3) is 0 Å². The highest BCUT2D eigenvalue weighted by Crippen LogP contribution is 2.21. The largest absolute Gasteiger partial charge is 0.482 e. The number of hydrogen-bond acceptors (Lipinski definition) is 6. The van der Waals surface area contributed by atoms with Crippen LogP contribution in [0.2, 0.25) is 0 Å². The molecule has 1 aromatic carbocycles. The Kier molecular flexibility index (Phi) is 6.38. The molecule has 1 unspecified atom stereocenters. The van der Waals surface area contributed by atoms with Crippen LogP contribution in [0.3, 0.4) is 0 Å². The number of nitrogens with zero attached hydrogens (tertiary/aromatic N) is 1. The molecule has 1 aliphatic heterocycles. The molecule has 0 spiro atoms. The Bertz CT molecular complexity index is 717. The predicted molar refractivity (Wildman–Crippen MR) is 91.7 cm³/mol. The molecule has 1 atom stereocenters. The van der Waals surface area contributed by atoms with Gasteiger partial charge in [0.1, 0.15) is 5.75 Å². The van der Waals surface area contributed by atoms with Crippen molar-refractivity contribution in [3.05, 3.63) is 24.3 Å². The Morgan fingerprint density at radius 2 is 1.96 bits per heavy atom. The highest BCUT2D eigenvalue weighted by Gasteiger charge is 2.30. The maximum Gasteiger partial charge on any atom is 0.343 e. The molecule has 9 heteroatoms. The summed E-state index contributed by atoms with van der Waals surface area (Å²) in [6.07, 6.45) is 2.46. The van der Waals surface area contributed by atoms with Gasteiger partial charge in [0.2, 0.25) is 15.9 Å². The second-order valence-electron chi connectivity index (χ2n) is 5.84. The summed E-state index contributed by atoms with van der Waals surface area (Å²) in [4.78, 5) is 23.4. The molecule has 1 aliphatic rings. The van der Waals surface area contributed by atoms with E-state index < -0.39 is 16.0 Å². The van der Waals surface area contributed by atoms with Crippen molar-refractivity contribution < 1.29 is 27.5 Å². The van der Waals surface area contributed by atoms with Crippen molar-refractivity contribution >= 4 is 27.6 Å². The van der Waals surface area contributed by atoms with Crippen molar-refractivity contribution in [2.75, 3.05) is 38.4 Å². The molecule has 0 aliphatic carbocycles. The van der Waals surface area contributed by atoms with Gasteiger partial charge in [0.05, 0.1) is 19.3 Å². The number of piperidine rings is 1. The number of benzene rings is 1. The van der Waals surface area contributed by atoms with Crippen LogP contribution < -0.4 is 10.1 Å². The minimum Gasteiger partial charge on any atom is -0.482 e. The molecule has 0 aromatic heterocycles. The molecule has 2 rings (SSSR count). The lowest BCUT2D eigenvalue weighted by Crippen LogP contribution is -2.43. The number of esters is 1. The van der Waals surface area contributed by atoms with E-state index >= 15 is 0 Å². The van der Waals surface area contributed by atoms with Gasteiger partial charge >= 0.3 is 5.97 Å². The van der Waals surface area contributed by atoms with Gasteiger partial charge in [0, 0.05) is 18.8 Å². The molecule has 8 nitrogen and oxygen atoms in total. The second kappa shape index (κ2) is 8.30. The number of carbonyl (C=O) groups is 2. The smallest absolute Gasteiger partial charge is 0.343 e. The number of rotatable bonds is 6. The molecule has 138 valence electrons. The van der Waals surface area contributed by atoms with Crippen LogP contribution in [-0.4, -0.2) is 57.7 Å². The van der Waals surface area contributed by atoms with E-state index in [4.69, 9.17) is 4.74 Å². The zero-order valence-electron chi connectivity index (χ0n) is 14.2. The van der Waals surface area contributed by atoms with Gasteiger partial charge in [-0.15, -0.1) is 0 Å². The third kappa shape index (κ3) is 5.71. The molecule has 25 heavy (non-hydrogen) atoms. The average molecular weight is 370 g/mol.